The van der Waals surface area contributed by atoms with E-state index >= 15 is 0 Å². The average molecular weight is 463 g/mol. The van der Waals surface area contributed by atoms with E-state index in [1.807, 2.05) is 6.92 Å². The molecule has 2 aromatic rings. The molecule has 0 bridgehead atoms. The van der Waals surface area contributed by atoms with Crippen LogP contribution in [0.1, 0.15) is 35.7 Å². The minimum Gasteiger partial charge on any atom is -0.496 e. The van der Waals surface area contributed by atoms with Gasteiger partial charge >= 0.3 is 0 Å². The van der Waals surface area contributed by atoms with Crippen LogP contribution in [0.15, 0.2) is 52.3 Å². The molecule has 1 fully saturated rings. The number of thioether (sulfide) groups is 1. The summed E-state index contributed by atoms with van der Waals surface area (Å²) in [5.41, 5.74) is 1.44. The molecule has 31 heavy (non-hydrogen) atoms. The van der Waals surface area contributed by atoms with Crippen LogP contribution in [0.3, 0.4) is 0 Å². The smallest absolute Gasteiger partial charge is 0.255 e. The molecule has 0 saturated carbocycles. The number of methoxy groups -OCH3 is 1. The van der Waals surface area contributed by atoms with Crippen LogP contribution in [-0.2, 0) is 10.0 Å². The first-order valence-corrected chi connectivity index (χ1v) is 12.9. The number of piperidine rings is 1. The highest BCUT2D eigenvalue weighted by Gasteiger charge is 2.29. The van der Waals surface area contributed by atoms with E-state index in [-0.39, 0.29) is 16.4 Å². The number of nitrogens with one attached hydrogen (secondary N) is 1. The third kappa shape index (κ3) is 6.02. The predicted octanol–water partition coefficient (Wildman–Crippen LogP) is 3.95. The molecular weight excluding hydrogens is 432 g/mol. The monoisotopic (exact) mass is 462 g/mol. The Morgan fingerprint density at radius 3 is 2.48 bits per heavy atom. The fraction of sp³-hybridized carbons (Fsp3) is 0.435. The number of ether oxygens (including phenoxy) is 1. The van der Waals surface area contributed by atoms with Crippen LogP contribution in [-0.4, -0.2) is 51.1 Å². The summed E-state index contributed by atoms with van der Waals surface area (Å²) in [6.07, 6.45) is 1.70. The van der Waals surface area contributed by atoms with E-state index in [0.29, 0.717) is 37.1 Å². The lowest BCUT2D eigenvalue weighted by atomic mass is 10.0. The van der Waals surface area contributed by atoms with Gasteiger partial charge < -0.3 is 10.1 Å². The lowest BCUT2D eigenvalue weighted by Crippen LogP contribution is -2.38. The molecular formula is C23H30N2O4S2. The summed E-state index contributed by atoms with van der Waals surface area (Å²) in [4.78, 5) is 14.0. The molecule has 6 nitrogen and oxygen atoms in total. The second-order valence-electron chi connectivity index (χ2n) is 7.87. The molecule has 1 amide bonds. The highest BCUT2D eigenvalue weighted by molar-refractivity contribution is 7.99. The number of carbonyl (C=O) groups is 1. The molecule has 3 rings (SSSR count). The molecule has 0 radical (unpaired) electrons. The number of amides is 1. The number of nitrogens with zero attached hydrogens (tertiary/aromatic N) is 1. The van der Waals surface area contributed by atoms with Gasteiger partial charge in [-0.15, -0.1) is 11.8 Å². The highest BCUT2D eigenvalue weighted by Crippen LogP contribution is 2.27. The van der Waals surface area contributed by atoms with Crippen LogP contribution in [0.4, 0.5) is 0 Å². The maximum atomic E-state index is 13.1. The van der Waals surface area contributed by atoms with E-state index in [2.05, 4.69) is 36.5 Å². The third-order valence-electron chi connectivity index (χ3n) is 5.47. The number of hydrogen-bond acceptors (Lipinski definition) is 5. The van der Waals surface area contributed by atoms with Crippen LogP contribution in [0, 0.1) is 12.8 Å². The lowest BCUT2D eigenvalue weighted by molar-refractivity contribution is 0.0953. The van der Waals surface area contributed by atoms with Crippen LogP contribution >= 0.6 is 11.8 Å². The Morgan fingerprint density at radius 1 is 1.16 bits per heavy atom. The maximum absolute atomic E-state index is 13.1. The summed E-state index contributed by atoms with van der Waals surface area (Å²) < 4.78 is 32.9. The number of hydrogen-bond donors (Lipinski definition) is 1. The van der Waals surface area contributed by atoms with Crippen molar-refractivity contribution < 1.29 is 17.9 Å². The van der Waals surface area contributed by atoms with Gasteiger partial charge in [0.05, 0.1) is 17.6 Å². The van der Waals surface area contributed by atoms with E-state index in [9.17, 15) is 13.2 Å². The Bertz CT molecular complexity index is 999. The summed E-state index contributed by atoms with van der Waals surface area (Å²) in [5.74, 6) is 1.25. The molecule has 0 spiro atoms. The van der Waals surface area contributed by atoms with E-state index in [0.717, 1.165) is 17.7 Å². The van der Waals surface area contributed by atoms with E-state index in [4.69, 9.17) is 4.74 Å². The van der Waals surface area contributed by atoms with Crippen molar-refractivity contribution in [2.75, 3.05) is 32.5 Å². The first-order valence-electron chi connectivity index (χ1n) is 10.5. The molecule has 8 heteroatoms. The van der Waals surface area contributed by atoms with Gasteiger partial charge in [0.25, 0.3) is 5.91 Å². The Morgan fingerprint density at radius 2 is 1.84 bits per heavy atom. The Balaban J connectivity index is 1.66. The zero-order valence-corrected chi connectivity index (χ0v) is 19.9. The van der Waals surface area contributed by atoms with Crippen molar-refractivity contribution in [3.63, 3.8) is 0 Å². The number of aryl methyl sites for hydroxylation is 1. The van der Waals surface area contributed by atoms with E-state index < -0.39 is 10.0 Å². The minimum atomic E-state index is -3.64. The van der Waals surface area contributed by atoms with Crippen molar-refractivity contribution in [3.8, 4) is 5.75 Å². The zero-order chi connectivity index (χ0) is 22.4. The molecule has 0 aromatic heterocycles. The van der Waals surface area contributed by atoms with Gasteiger partial charge in [-0.1, -0.05) is 24.6 Å². The lowest BCUT2D eigenvalue weighted by Gasteiger charge is -2.29. The number of rotatable bonds is 8. The van der Waals surface area contributed by atoms with E-state index in [1.165, 1.54) is 29.1 Å². The maximum Gasteiger partial charge on any atom is 0.255 e. The largest absolute Gasteiger partial charge is 0.496 e. The van der Waals surface area contributed by atoms with Gasteiger partial charge in [-0.3, -0.25) is 4.79 Å². The van der Waals surface area contributed by atoms with Crippen LogP contribution < -0.4 is 10.1 Å². The number of benzene rings is 2. The fourth-order valence-electron chi connectivity index (χ4n) is 3.46. The van der Waals surface area contributed by atoms with Gasteiger partial charge in [-0.25, -0.2) is 8.42 Å². The van der Waals surface area contributed by atoms with Crippen molar-refractivity contribution >= 4 is 27.7 Å². The predicted molar refractivity (Wildman–Crippen MR) is 124 cm³/mol. The summed E-state index contributed by atoms with van der Waals surface area (Å²) >= 11 is 1.65. The molecule has 0 unspecified atom stereocenters. The summed E-state index contributed by atoms with van der Waals surface area (Å²) in [6.45, 7) is 5.65. The van der Waals surface area contributed by atoms with Gasteiger partial charge in [0.15, 0.2) is 0 Å². The van der Waals surface area contributed by atoms with Crippen molar-refractivity contribution in [3.05, 3.63) is 53.6 Å². The average Bonchev–Trinajstić information content (AvgIpc) is 2.77. The van der Waals surface area contributed by atoms with Gasteiger partial charge in [-0.2, -0.15) is 4.31 Å². The van der Waals surface area contributed by atoms with Crippen LogP contribution in [0.25, 0.3) is 0 Å². The van der Waals surface area contributed by atoms with Gasteiger partial charge in [0.1, 0.15) is 5.75 Å². The zero-order valence-electron chi connectivity index (χ0n) is 18.3. The molecule has 2 aromatic carbocycles. The van der Waals surface area contributed by atoms with E-state index in [1.54, 1.807) is 17.8 Å². The number of sulfonamides is 1. The first-order chi connectivity index (χ1) is 14.8. The highest BCUT2D eigenvalue weighted by atomic mass is 32.2. The van der Waals surface area contributed by atoms with Gasteiger partial charge in [0.2, 0.25) is 10.0 Å². The fourth-order valence-corrected chi connectivity index (χ4v) is 5.73. The van der Waals surface area contributed by atoms with Crippen molar-refractivity contribution in [2.45, 2.75) is 36.5 Å². The summed E-state index contributed by atoms with van der Waals surface area (Å²) in [5, 5.41) is 2.87. The van der Waals surface area contributed by atoms with Crippen molar-refractivity contribution in [1.29, 1.82) is 0 Å². The summed E-state index contributed by atoms with van der Waals surface area (Å²) in [6, 6.07) is 12.7. The minimum absolute atomic E-state index is 0.127. The Labute approximate surface area is 189 Å². The summed E-state index contributed by atoms with van der Waals surface area (Å²) in [7, 11) is -2.17. The molecule has 1 heterocycles. The van der Waals surface area contributed by atoms with Gasteiger partial charge in [-0.05, 0) is 56.0 Å². The Hall–Kier alpha value is -2.03. The SMILES string of the molecule is COc1ccc(S(=O)(=O)N2CCC(C)CC2)cc1C(=O)NCCSc1ccc(C)cc1. The second-order valence-corrected chi connectivity index (χ2v) is 11.0. The molecule has 1 aliphatic rings. The van der Waals surface area contributed by atoms with Crippen molar-refractivity contribution in [2.24, 2.45) is 5.92 Å². The normalized spacial score (nSPS) is 15.6. The van der Waals surface area contributed by atoms with Crippen LogP contribution in [0.5, 0.6) is 5.75 Å². The molecule has 168 valence electrons. The molecule has 0 atom stereocenters. The topological polar surface area (TPSA) is 75.7 Å². The van der Waals surface area contributed by atoms with Gasteiger partial charge in [0, 0.05) is 30.3 Å². The molecule has 1 N–H and O–H groups in total. The standard InChI is InChI=1S/C23H30N2O4S2/c1-17-4-6-19(7-5-17)30-15-12-24-23(26)21-16-20(8-9-22(21)29-3)31(27,28)25-13-10-18(2)11-14-25/h4-9,16,18H,10-15H2,1-3H3,(H,24,26). The molecule has 1 saturated heterocycles. The number of carbonyl (C=O) groups excluding carboxylic acids is 1. The van der Waals surface area contributed by atoms with Crippen molar-refractivity contribution in [1.82, 2.24) is 9.62 Å². The van der Waals surface area contributed by atoms with Crippen LogP contribution in [0.2, 0.25) is 0 Å². The second kappa shape index (κ2) is 10.5. The Kier molecular flexibility index (Phi) is 8.02. The molecule has 0 aliphatic carbocycles. The first kappa shape index (κ1) is 23.6. The third-order valence-corrected chi connectivity index (χ3v) is 8.38. The quantitative estimate of drug-likeness (QED) is 0.475. The molecule has 1 aliphatic heterocycles.